The smallest absolute Gasteiger partial charge is 0.415 e. The lowest BCUT2D eigenvalue weighted by molar-refractivity contribution is -0.562. The number of rotatable bonds is 14. The molecule has 2 fully saturated rings. The highest BCUT2D eigenvalue weighted by Crippen LogP contribution is 2.62. The van der Waals surface area contributed by atoms with E-state index in [4.69, 9.17) is 9.98 Å². The van der Waals surface area contributed by atoms with Gasteiger partial charge in [-0.2, -0.15) is 42.1 Å². The molecule has 6 aromatic carbocycles. The number of benzene rings is 6. The van der Waals surface area contributed by atoms with Crippen molar-refractivity contribution >= 4 is 116 Å². The molecule has 4 aliphatic rings. The van der Waals surface area contributed by atoms with Crippen molar-refractivity contribution in [1.29, 1.82) is 42.1 Å². The molecule has 4 aromatic heterocycles. The predicted octanol–water partition coefficient (Wildman–Crippen LogP) is 16.5. The number of nitriles is 8. The van der Waals surface area contributed by atoms with Crippen LogP contribution in [0.3, 0.4) is 0 Å². The van der Waals surface area contributed by atoms with Crippen molar-refractivity contribution in [2.75, 3.05) is 9.80 Å². The van der Waals surface area contributed by atoms with Crippen molar-refractivity contribution in [3.63, 3.8) is 0 Å². The summed E-state index contributed by atoms with van der Waals surface area (Å²) < 4.78 is 75.4. The first kappa shape index (κ1) is 63.7. The van der Waals surface area contributed by atoms with Crippen molar-refractivity contribution in [3.8, 4) is 48.6 Å². The van der Waals surface area contributed by atoms with Crippen LogP contribution in [-0.4, -0.2) is 35.2 Å². The fraction of sp³-hybridized carbons (Fsp3) is 0.0526. The van der Waals surface area contributed by atoms with Crippen molar-refractivity contribution in [2.24, 2.45) is 21.8 Å². The Morgan fingerprint density at radius 3 is 0.930 bits per heavy atom. The van der Waals surface area contributed by atoms with Crippen LogP contribution in [0.5, 0.6) is 0 Å². The summed E-state index contributed by atoms with van der Waals surface area (Å²) in [6.45, 7) is -9.93. The van der Waals surface area contributed by atoms with Gasteiger partial charge in [0.1, 0.15) is 70.8 Å². The number of hydrogen-bond donors (Lipinski definition) is 0. The molecule has 4 unspecified atom stereocenters. The van der Waals surface area contributed by atoms with Crippen molar-refractivity contribution in [1.82, 2.24) is 9.62 Å². The van der Waals surface area contributed by atoms with E-state index in [9.17, 15) is 42.1 Å². The fourth-order valence-electron chi connectivity index (χ4n) is 13.8. The molecule has 0 saturated carbocycles. The SMILES string of the molecule is N#CC(C#N)=C(C(=C(C#N)C#N)c1ccc(C2C3C4=Nc5cccc[n+]5[B-](F)(F)N4C(c4ccc(C(=C(C#N)C#N)C(=C(C#N)C#N)c5ccc(N(c6ccccc6)c6ccccc6)cc5)s4)C3C3=Nc4cccc[n+]4[B-](F)(F)N32)s1)c1ccc(N(c2ccccc2)c2ccccc2)cc1. The maximum atomic E-state index is 18.5. The lowest BCUT2D eigenvalue weighted by atomic mass is 9.86. The van der Waals surface area contributed by atoms with Crippen LogP contribution in [-0.2, 0) is 0 Å². The van der Waals surface area contributed by atoms with Gasteiger partial charge in [-0.15, -0.1) is 22.7 Å². The number of aliphatic imine (C=N–C) groups is 2. The number of pyridine rings is 2. The number of thiophene rings is 2. The van der Waals surface area contributed by atoms with Gasteiger partial charge in [0.05, 0.1) is 11.8 Å². The topological polar surface area (TPSA) is 236 Å². The largest absolute Gasteiger partial charge is 0.637 e. The summed E-state index contributed by atoms with van der Waals surface area (Å²) in [5.41, 5.74) is 2.45. The molecule has 0 N–H and O–H groups in total. The van der Waals surface area contributed by atoms with Crippen LogP contribution in [0.15, 0.2) is 275 Å². The maximum absolute atomic E-state index is 18.5. The Morgan fingerprint density at radius 2 is 0.630 bits per heavy atom. The van der Waals surface area contributed by atoms with Crippen molar-refractivity contribution < 1.29 is 26.2 Å². The summed E-state index contributed by atoms with van der Waals surface area (Å²) in [5.74, 6) is -3.78. The first-order chi connectivity index (χ1) is 48.8. The lowest BCUT2D eigenvalue weighted by Gasteiger charge is -2.45. The summed E-state index contributed by atoms with van der Waals surface area (Å²) in [7, 11) is 0. The minimum atomic E-state index is -4.96. The lowest BCUT2D eigenvalue weighted by Crippen LogP contribution is -2.74. The third-order valence-corrected chi connectivity index (χ3v) is 20.3. The summed E-state index contributed by atoms with van der Waals surface area (Å²) in [6.07, 6.45) is 2.34. The predicted molar refractivity (Wildman–Crippen MR) is 374 cm³/mol. The zero-order valence-corrected chi connectivity index (χ0v) is 53.7. The monoisotopic (exact) mass is 1340 g/mol. The Kier molecular flexibility index (Phi) is 16.6. The standard InChI is InChI=1S/C76H44B2F4N16S2/c79-77(80)93-39-15-13-26-66(93)92-76-72-71(73(97(76)77)63-37-35-61(99-63)69(53(45-87)46-88)67(51(41-83)42-84)49-27-31-59(32-28-49)95(55-17-5-1-6-18-55)56-19-7-2-8-20-56)75-91-65-25-14-16-40-94(65)78(81,82)98(75)74(72)64-38-36-62(100-64)70(54(47-89)48-90)68(52(43-85)44-86)50-29-33-60(34-30-50)96(57-21-9-3-10-22-57)58-23-11-4-12-24-58/h1-40,71-74H. The van der Waals surface area contributed by atoms with E-state index in [0.29, 0.717) is 11.4 Å². The van der Waals surface area contributed by atoms with Gasteiger partial charge in [-0.05, 0) is 130 Å². The first-order valence-corrected chi connectivity index (χ1v) is 32.6. The second kappa shape index (κ2) is 26.1. The van der Waals surface area contributed by atoms with Gasteiger partial charge in [-0.3, -0.25) is 0 Å². The van der Waals surface area contributed by atoms with Gasteiger partial charge in [-0.25, -0.2) is 0 Å². The molecule has 0 bridgehead atoms. The molecule has 2 saturated heterocycles. The molecule has 474 valence electrons. The molecule has 4 atom stereocenters. The second-order valence-corrected chi connectivity index (χ2v) is 25.4. The van der Waals surface area contributed by atoms with E-state index in [0.717, 1.165) is 64.0 Å². The van der Waals surface area contributed by atoms with Crippen LogP contribution in [0.4, 0.5) is 63.0 Å². The van der Waals surface area contributed by atoms with Crippen molar-refractivity contribution in [2.45, 2.75) is 12.1 Å². The average Bonchev–Trinajstić information content (AvgIpc) is 1.50. The Bertz CT molecular complexity index is 5060. The highest BCUT2D eigenvalue weighted by atomic mass is 32.1. The minimum Gasteiger partial charge on any atom is -0.415 e. The normalized spacial score (nSPS) is 16.6. The summed E-state index contributed by atoms with van der Waals surface area (Å²) in [4.78, 5) is 16.0. The molecule has 0 radical (unpaired) electrons. The summed E-state index contributed by atoms with van der Waals surface area (Å²) in [5, 5.41) is 86.3. The second-order valence-electron chi connectivity index (χ2n) is 23.2. The molecule has 14 rings (SSSR count). The Labute approximate surface area is 579 Å². The molecule has 16 nitrogen and oxygen atoms in total. The van der Waals surface area contributed by atoms with E-state index in [1.807, 2.05) is 180 Å². The number of amidine groups is 2. The quantitative estimate of drug-likeness (QED) is 0.0428. The van der Waals surface area contributed by atoms with Crippen LogP contribution < -0.4 is 18.8 Å². The van der Waals surface area contributed by atoms with E-state index in [1.54, 1.807) is 48.5 Å². The molecule has 0 aliphatic carbocycles. The zero-order valence-electron chi connectivity index (χ0n) is 52.0. The van der Waals surface area contributed by atoms with E-state index in [-0.39, 0.29) is 76.2 Å². The number of anilines is 6. The molecule has 0 spiro atoms. The van der Waals surface area contributed by atoms with Crippen LogP contribution in [0.2, 0.25) is 0 Å². The molecule has 24 heteroatoms. The van der Waals surface area contributed by atoms with Gasteiger partial charge in [0, 0.05) is 113 Å². The maximum Gasteiger partial charge on any atom is 0.637 e. The first-order valence-electron chi connectivity index (χ1n) is 31.0. The molecular weight excluding hydrogens is 1300 g/mol. The molecular formula is C76H44B2F4N16S2. The molecule has 8 heterocycles. The third-order valence-electron chi connectivity index (χ3n) is 17.9. The molecule has 4 aliphatic heterocycles. The van der Waals surface area contributed by atoms with Crippen LogP contribution in [0.25, 0.3) is 22.3 Å². The van der Waals surface area contributed by atoms with E-state index < -0.39 is 60.2 Å². The van der Waals surface area contributed by atoms with Gasteiger partial charge < -0.3 is 45.6 Å². The van der Waals surface area contributed by atoms with Gasteiger partial charge in [0.2, 0.25) is 0 Å². The number of aromatic nitrogens is 2. The summed E-state index contributed by atoms with van der Waals surface area (Å²) in [6, 6.07) is 78.6. The average molecular weight is 1340 g/mol. The highest BCUT2D eigenvalue weighted by Gasteiger charge is 2.72. The molecule has 0 amide bonds. The van der Waals surface area contributed by atoms with Gasteiger partial charge >= 0.3 is 13.9 Å². The minimum absolute atomic E-state index is 0.0888. The number of fused-ring (bicyclic) bond motifs is 7. The van der Waals surface area contributed by atoms with Gasteiger partial charge in [-0.1, -0.05) is 109 Å². The Morgan fingerprint density at radius 1 is 0.350 bits per heavy atom. The van der Waals surface area contributed by atoms with Crippen LogP contribution in [0, 0.1) is 102 Å². The Hall–Kier alpha value is -13.7. The third kappa shape index (κ3) is 10.7. The number of allylic oxidation sites excluding steroid dienone is 8. The number of para-hydroxylation sites is 4. The van der Waals surface area contributed by atoms with Crippen LogP contribution >= 0.6 is 22.7 Å². The van der Waals surface area contributed by atoms with Crippen molar-refractivity contribution in [3.05, 3.63) is 296 Å². The number of hydrogen-bond acceptors (Lipinski definition) is 16. The van der Waals surface area contributed by atoms with Crippen LogP contribution in [0.1, 0.15) is 42.7 Å². The summed E-state index contributed by atoms with van der Waals surface area (Å²) >= 11 is 1.71. The highest BCUT2D eigenvalue weighted by molar-refractivity contribution is 7.14. The number of nitrogens with zero attached hydrogens (tertiary/aromatic N) is 16. The van der Waals surface area contributed by atoms with E-state index >= 15 is 17.3 Å². The number of halogens is 4. The van der Waals surface area contributed by atoms with Gasteiger partial charge in [0.25, 0.3) is 11.6 Å². The van der Waals surface area contributed by atoms with E-state index in [1.165, 1.54) is 73.1 Å². The fourth-order valence-corrected chi connectivity index (χ4v) is 16.3. The Balaban J connectivity index is 0.929. The zero-order chi connectivity index (χ0) is 69.4. The van der Waals surface area contributed by atoms with E-state index in [2.05, 4.69) is 0 Å². The van der Waals surface area contributed by atoms with Gasteiger partial charge in [0.15, 0.2) is 11.7 Å². The molecule has 10 aromatic rings. The molecule has 100 heavy (non-hydrogen) atoms.